The predicted octanol–water partition coefficient (Wildman–Crippen LogP) is 9.40. The summed E-state index contributed by atoms with van der Waals surface area (Å²) in [5.41, 5.74) is 1.56. The van der Waals surface area contributed by atoms with Gasteiger partial charge in [-0.3, -0.25) is 4.99 Å². The van der Waals surface area contributed by atoms with E-state index in [4.69, 9.17) is 4.99 Å². The van der Waals surface area contributed by atoms with Gasteiger partial charge in [-0.1, -0.05) is 103 Å². The van der Waals surface area contributed by atoms with E-state index in [-0.39, 0.29) is 12.0 Å². The zero-order chi connectivity index (χ0) is 29.9. The molecule has 4 aromatic carbocycles. The first-order chi connectivity index (χ1) is 20.0. The fraction of sp³-hybridized carbons (Fsp3) is 0.147. The van der Waals surface area contributed by atoms with Gasteiger partial charge in [0.2, 0.25) is 0 Å². The molecule has 0 amide bonds. The highest BCUT2D eigenvalue weighted by molar-refractivity contribution is 7.76. The summed E-state index contributed by atoms with van der Waals surface area (Å²) >= 11 is 0. The third-order valence-corrected chi connectivity index (χ3v) is 9.59. The van der Waals surface area contributed by atoms with E-state index in [0.29, 0.717) is 10.6 Å². The molecule has 1 aliphatic rings. The van der Waals surface area contributed by atoms with Gasteiger partial charge in [-0.25, -0.2) is 0 Å². The number of aliphatic imine (C=N–C) groups is 1. The van der Waals surface area contributed by atoms with Gasteiger partial charge in [-0.05, 0) is 66.2 Å². The SMILES string of the molecule is Cc1ccc(C(N=CC2C=CC=C2P(c2ccc(C(F)(F)F)cc2)c2ccc(C(F)(F)F)cc2)c2ccccc2)cc1. The molecule has 0 aliphatic heterocycles. The van der Waals surface area contributed by atoms with Gasteiger partial charge in [0, 0.05) is 12.1 Å². The summed E-state index contributed by atoms with van der Waals surface area (Å²) in [6.07, 6.45) is -1.47. The Morgan fingerprint density at radius 2 is 1.17 bits per heavy atom. The van der Waals surface area contributed by atoms with Crippen LogP contribution < -0.4 is 10.6 Å². The van der Waals surface area contributed by atoms with Crippen LogP contribution in [0.1, 0.15) is 33.9 Å². The van der Waals surface area contributed by atoms with Gasteiger partial charge in [0.1, 0.15) is 0 Å². The molecule has 214 valence electrons. The Morgan fingerprint density at radius 1 is 0.667 bits per heavy atom. The number of hydrogen-bond acceptors (Lipinski definition) is 1. The summed E-state index contributed by atoms with van der Waals surface area (Å²) in [6, 6.07) is 27.4. The molecule has 0 N–H and O–H groups in total. The number of benzene rings is 4. The van der Waals surface area contributed by atoms with E-state index in [2.05, 4.69) is 0 Å². The van der Waals surface area contributed by atoms with Gasteiger partial charge in [-0.15, -0.1) is 0 Å². The Balaban J connectivity index is 1.53. The lowest BCUT2D eigenvalue weighted by Gasteiger charge is -2.25. The molecule has 1 aliphatic carbocycles. The standard InChI is InChI=1S/C34H26F6NP/c1-23-10-12-25(13-11-23)32(24-6-3-2-4-7-24)41-22-26-8-5-9-31(26)42(29-18-14-27(15-19-29)33(35,36)37)30-20-16-28(17-21-30)34(38,39)40/h2-22,26,32H,1H3. The summed E-state index contributed by atoms with van der Waals surface area (Å²) in [4.78, 5) is 4.98. The third-order valence-electron chi connectivity index (χ3n) is 6.99. The Hall–Kier alpha value is -3.96. The number of aryl methyl sites for hydroxylation is 1. The molecular weight excluding hydrogens is 567 g/mol. The molecule has 0 radical (unpaired) electrons. The highest BCUT2D eigenvalue weighted by atomic mass is 31.1. The fourth-order valence-corrected chi connectivity index (χ4v) is 7.28. The average Bonchev–Trinajstić information content (AvgIpc) is 3.42. The normalized spacial score (nSPS) is 16.3. The topological polar surface area (TPSA) is 12.4 Å². The van der Waals surface area contributed by atoms with Gasteiger partial charge in [0.05, 0.1) is 17.2 Å². The summed E-state index contributed by atoms with van der Waals surface area (Å²) in [6.45, 7) is 2.01. The molecule has 0 bridgehead atoms. The molecule has 5 rings (SSSR count). The lowest BCUT2D eigenvalue weighted by atomic mass is 9.98. The van der Waals surface area contributed by atoms with E-state index in [9.17, 15) is 26.3 Å². The van der Waals surface area contributed by atoms with E-state index < -0.39 is 31.4 Å². The van der Waals surface area contributed by atoms with Gasteiger partial charge in [-0.2, -0.15) is 26.3 Å². The van der Waals surface area contributed by atoms with Crippen molar-refractivity contribution in [3.05, 3.63) is 154 Å². The maximum absolute atomic E-state index is 13.3. The van der Waals surface area contributed by atoms with Crippen LogP contribution in [0.5, 0.6) is 0 Å². The van der Waals surface area contributed by atoms with Crippen molar-refractivity contribution >= 4 is 24.7 Å². The molecule has 42 heavy (non-hydrogen) atoms. The van der Waals surface area contributed by atoms with Crippen LogP contribution in [0, 0.1) is 12.8 Å². The lowest BCUT2D eigenvalue weighted by Crippen LogP contribution is -2.18. The van der Waals surface area contributed by atoms with Crippen molar-refractivity contribution in [2.45, 2.75) is 25.3 Å². The third kappa shape index (κ3) is 6.74. The first-order valence-electron chi connectivity index (χ1n) is 13.2. The van der Waals surface area contributed by atoms with Crippen LogP contribution in [0.25, 0.3) is 0 Å². The fourth-order valence-electron chi connectivity index (χ4n) is 4.81. The molecule has 0 heterocycles. The van der Waals surface area contributed by atoms with Gasteiger partial charge < -0.3 is 0 Å². The Morgan fingerprint density at radius 3 is 1.67 bits per heavy atom. The maximum Gasteiger partial charge on any atom is 0.416 e. The number of nitrogens with zero attached hydrogens (tertiary/aromatic N) is 1. The maximum atomic E-state index is 13.3. The minimum Gasteiger partial charge on any atom is -0.284 e. The van der Waals surface area contributed by atoms with Crippen molar-refractivity contribution in [2.75, 3.05) is 0 Å². The van der Waals surface area contributed by atoms with Crippen molar-refractivity contribution in [1.29, 1.82) is 0 Å². The van der Waals surface area contributed by atoms with Crippen molar-refractivity contribution in [3.63, 3.8) is 0 Å². The Bertz CT molecular complexity index is 1530. The average molecular weight is 594 g/mol. The van der Waals surface area contributed by atoms with Crippen LogP contribution in [0.3, 0.4) is 0 Å². The first kappa shape index (κ1) is 29.5. The molecule has 0 aromatic heterocycles. The van der Waals surface area contributed by atoms with Crippen LogP contribution >= 0.6 is 7.92 Å². The minimum atomic E-state index is -4.50. The molecule has 0 saturated carbocycles. The second kappa shape index (κ2) is 12.1. The van der Waals surface area contributed by atoms with E-state index in [1.165, 1.54) is 24.3 Å². The van der Waals surface area contributed by atoms with Crippen molar-refractivity contribution in [2.24, 2.45) is 10.9 Å². The summed E-state index contributed by atoms with van der Waals surface area (Å²) < 4.78 is 79.8. The van der Waals surface area contributed by atoms with Crippen LogP contribution in [0.2, 0.25) is 0 Å². The Kier molecular flexibility index (Phi) is 8.51. The largest absolute Gasteiger partial charge is 0.416 e. The van der Waals surface area contributed by atoms with Gasteiger partial charge in [0.15, 0.2) is 0 Å². The van der Waals surface area contributed by atoms with Crippen molar-refractivity contribution in [3.8, 4) is 0 Å². The van der Waals surface area contributed by atoms with E-state index in [1.807, 2.05) is 86.0 Å². The monoisotopic (exact) mass is 593 g/mol. The summed E-state index contributed by atoms with van der Waals surface area (Å²) in [5.74, 6) is -0.294. The minimum absolute atomic E-state index is 0.287. The van der Waals surface area contributed by atoms with E-state index >= 15 is 0 Å². The quantitative estimate of drug-likeness (QED) is 0.115. The number of rotatable bonds is 7. The van der Waals surface area contributed by atoms with E-state index in [0.717, 1.165) is 46.3 Å². The summed E-state index contributed by atoms with van der Waals surface area (Å²) in [7, 11) is -1.46. The van der Waals surface area contributed by atoms with Crippen molar-refractivity contribution in [1.82, 2.24) is 0 Å². The molecule has 8 heteroatoms. The second-order valence-electron chi connectivity index (χ2n) is 9.95. The highest BCUT2D eigenvalue weighted by Gasteiger charge is 2.33. The van der Waals surface area contributed by atoms with Gasteiger partial charge in [0.25, 0.3) is 0 Å². The van der Waals surface area contributed by atoms with Crippen LogP contribution in [0.15, 0.2) is 132 Å². The highest BCUT2D eigenvalue weighted by Crippen LogP contribution is 2.49. The zero-order valence-corrected chi connectivity index (χ0v) is 23.3. The molecule has 1 nitrogen and oxygen atoms in total. The lowest BCUT2D eigenvalue weighted by molar-refractivity contribution is -0.138. The smallest absolute Gasteiger partial charge is 0.284 e. The molecule has 2 atom stereocenters. The molecule has 2 unspecified atom stereocenters. The second-order valence-corrected chi connectivity index (χ2v) is 12.2. The molecule has 0 spiro atoms. The first-order valence-corrected chi connectivity index (χ1v) is 14.5. The zero-order valence-electron chi connectivity index (χ0n) is 22.4. The van der Waals surface area contributed by atoms with Crippen LogP contribution in [-0.2, 0) is 12.4 Å². The molecule has 0 fully saturated rings. The summed E-state index contributed by atoms with van der Waals surface area (Å²) in [5, 5.41) is 2.07. The number of halogens is 6. The van der Waals surface area contributed by atoms with Gasteiger partial charge >= 0.3 is 12.4 Å². The molecule has 4 aromatic rings. The predicted molar refractivity (Wildman–Crippen MR) is 158 cm³/mol. The number of allylic oxidation sites excluding steroid dienone is 4. The molecular formula is C34H26F6NP. The van der Waals surface area contributed by atoms with Crippen LogP contribution in [-0.4, -0.2) is 6.21 Å². The number of hydrogen-bond donors (Lipinski definition) is 0. The number of alkyl halides is 6. The Labute approximate surface area is 241 Å². The van der Waals surface area contributed by atoms with E-state index in [1.54, 1.807) is 0 Å². The van der Waals surface area contributed by atoms with Crippen LogP contribution in [0.4, 0.5) is 26.3 Å². The van der Waals surface area contributed by atoms with Crippen molar-refractivity contribution < 1.29 is 26.3 Å². The molecule has 0 saturated heterocycles.